The molecule has 7 heteroatoms. The van der Waals surface area contributed by atoms with Crippen molar-refractivity contribution < 1.29 is 23.8 Å². The number of hydrogen-bond acceptors (Lipinski definition) is 6. The van der Waals surface area contributed by atoms with Crippen molar-refractivity contribution in [2.75, 3.05) is 26.2 Å². The fourth-order valence-corrected chi connectivity index (χ4v) is 3.00. The van der Waals surface area contributed by atoms with Crippen molar-refractivity contribution in [3.05, 3.63) is 59.7 Å². The summed E-state index contributed by atoms with van der Waals surface area (Å²) in [5.41, 5.74) is 1.41. The van der Waals surface area contributed by atoms with Crippen molar-refractivity contribution in [3.63, 3.8) is 0 Å². The molecule has 0 fully saturated rings. The number of ether oxygens (including phenoxy) is 3. The van der Waals surface area contributed by atoms with Crippen LogP contribution in [0.5, 0.6) is 11.5 Å². The van der Waals surface area contributed by atoms with Crippen molar-refractivity contribution in [1.82, 2.24) is 5.32 Å². The highest BCUT2D eigenvalue weighted by Gasteiger charge is 2.22. The standard InChI is InChI=1S/C21H25NO5S/c1-25-19-13-16(20(23)22-17(11-12-28-3)21(24)26-2)9-10-18(19)27-14-15-7-5-4-6-8-15/h4-10,13,17H,11-12,14H2,1-3H3,(H,22,23)/t17-/m1/s1. The second-order valence-electron chi connectivity index (χ2n) is 5.97. The molecule has 1 amide bonds. The van der Waals surface area contributed by atoms with Crippen LogP contribution in [0.2, 0.25) is 0 Å². The highest BCUT2D eigenvalue weighted by molar-refractivity contribution is 7.98. The third-order valence-electron chi connectivity index (χ3n) is 4.06. The lowest BCUT2D eigenvalue weighted by Gasteiger charge is -2.17. The van der Waals surface area contributed by atoms with Gasteiger partial charge in [0.25, 0.3) is 5.91 Å². The lowest BCUT2D eigenvalue weighted by Crippen LogP contribution is -2.41. The molecule has 0 bridgehead atoms. The predicted molar refractivity (Wildman–Crippen MR) is 110 cm³/mol. The van der Waals surface area contributed by atoms with Gasteiger partial charge in [-0.1, -0.05) is 30.3 Å². The Kier molecular flexibility index (Phi) is 8.68. The second-order valence-corrected chi connectivity index (χ2v) is 6.96. The van der Waals surface area contributed by atoms with Crippen LogP contribution in [0.25, 0.3) is 0 Å². The summed E-state index contributed by atoms with van der Waals surface area (Å²) in [7, 11) is 2.82. The summed E-state index contributed by atoms with van der Waals surface area (Å²) in [6, 6.07) is 14.0. The topological polar surface area (TPSA) is 73.9 Å². The Hall–Kier alpha value is -2.67. The minimum atomic E-state index is -0.690. The van der Waals surface area contributed by atoms with Crippen LogP contribution in [0.15, 0.2) is 48.5 Å². The van der Waals surface area contributed by atoms with E-state index in [1.54, 1.807) is 30.0 Å². The van der Waals surface area contributed by atoms with E-state index in [-0.39, 0.29) is 5.91 Å². The molecule has 150 valence electrons. The molecule has 0 saturated heterocycles. The zero-order chi connectivity index (χ0) is 20.4. The normalized spacial score (nSPS) is 11.4. The first-order valence-electron chi connectivity index (χ1n) is 8.81. The average Bonchev–Trinajstić information content (AvgIpc) is 2.74. The first kappa shape index (κ1) is 21.6. The monoisotopic (exact) mass is 403 g/mol. The molecule has 6 nitrogen and oxygen atoms in total. The van der Waals surface area contributed by atoms with Crippen molar-refractivity contribution >= 4 is 23.6 Å². The molecular weight excluding hydrogens is 378 g/mol. The van der Waals surface area contributed by atoms with Crippen LogP contribution in [0.3, 0.4) is 0 Å². The molecule has 2 rings (SSSR count). The van der Waals surface area contributed by atoms with Gasteiger partial charge in [-0.2, -0.15) is 11.8 Å². The first-order chi connectivity index (χ1) is 13.6. The van der Waals surface area contributed by atoms with Crippen molar-refractivity contribution in [3.8, 4) is 11.5 Å². The van der Waals surface area contributed by atoms with E-state index in [1.807, 2.05) is 36.6 Å². The number of hydrogen-bond donors (Lipinski definition) is 1. The minimum Gasteiger partial charge on any atom is -0.493 e. The maximum Gasteiger partial charge on any atom is 0.328 e. The Labute approximate surface area is 169 Å². The Morgan fingerprint density at radius 3 is 2.46 bits per heavy atom. The molecule has 0 aliphatic rings. The summed E-state index contributed by atoms with van der Waals surface area (Å²) in [5.74, 6) is 0.883. The Bertz CT molecular complexity index is 782. The molecule has 1 atom stereocenters. The first-order valence-corrected chi connectivity index (χ1v) is 10.2. The summed E-state index contributed by atoms with van der Waals surface area (Å²) in [5, 5.41) is 2.72. The van der Waals surface area contributed by atoms with Crippen LogP contribution in [0, 0.1) is 0 Å². The number of esters is 1. The fourth-order valence-electron chi connectivity index (χ4n) is 2.53. The summed E-state index contributed by atoms with van der Waals surface area (Å²) >= 11 is 1.60. The molecule has 0 unspecified atom stereocenters. The quantitative estimate of drug-likeness (QED) is 0.614. The fraction of sp³-hybridized carbons (Fsp3) is 0.333. The molecule has 2 aromatic carbocycles. The number of nitrogens with one attached hydrogen (secondary N) is 1. The zero-order valence-electron chi connectivity index (χ0n) is 16.3. The third-order valence-corrected chi connectivity index (χ3v) is 4.71. The number of rotatable bonds is 10. The van der Waals surface area contributed by atoms with Gasteiger partial charge in [-0.25, -0.2) is 4.79 Å². The summed E-state index contributed by atoms with van der Waals surface area (Å²) in [6.45, 7) is 0.391. The van der Waals surface area contributed by atoms with Crippen LogP contribution < -0.4 is 14.8 Å². The zero-order valence-corrected chi connectivity index (χ0v) is 17.1. The van der Waals surface area contributed by atoms with E-state index in [0.717, 1.165) is 11.3 Å². The summed E-state index contributed by atoms with van der Waals surface area (Å²) < 4.78 is 15.9. The number of amides is 1. The smallest absolute Gasteiger partial charge is 0.328 e. The Morgan fingerprint density at radius 2 is 1.82 bits per heavy atom. The van der Waals surface area contributed by atoms with Crippen LogP contribution in [0.1, 0.15) is 22.3 Å². The van der Waals surface area contributed by atoms with Crippen molar-refractivity contribution in [2.45, 2.75) is 19.1 Å². The average molecular weight is 404 g/mol. The predicted octanol–water partition coefficient (Wildman–Crippen LogP) is 3.30. The largest absolute Gasteiger partial charge is 0.493 e. The SMILES string of the molecule is COC(=O)[C@@H](CCSC)NC(=O)c1ccc(OCc2ccccc2)c(OC)c1. The molecular formula is C21H25NO5S. The lowest BCUT2D eigenvalue weighted by molar-refractivity contribution is -0.142. The van der Waals surface area contributed by atoms with Gasteiger partial charge in [0.05, 0.1) is 14.2 Å². The maximum absolute atomic E-state index is 12.6. The van der Waals surface area contributed by atoms with Gasteiger partial charge in [-0.3, -0.25) is 4.79 Å². The molecule has 0 aliphatic heterocycles. The van der Waals surface area contributed by atoms with Gasteiger partial charge in [0.15, 0.2) is 11.5 Å². The van der Waals surface area contributed by atoms with E-state index < -0.39 is 12.0 Å². The second kappa shape index (κ2) is 11.2. The molecule has 0 spiro atoms. The summed E-state index contributed by atoms with van der Waals surface area (Å²) in [4.78, 5) is 24.5. The third kappa shape index (κ3) is 6.20. The van der Waals surface area contributed by atoms with E-state index >= 15 is 0 Å². The highest BCUT2D eigenvalue weighted by Crippen LogP contribution is 2.29. The van der Waals surface area contributed by atoms with Crippen molar-refractivity contribution in [2.24, 2.45) is 0 Å². The van der Waals surface area contributed by atoms with Crippen LogP contribution >= 0.6 is 11.8 Å². The molecule has 0 radical (unpaired) electrons. The number of carbonyl (C=O) groups is 2. The number of benzene rings is 2. The van der Waals surface area contributed by atoms with Crippen LogP contribution in [0.4, 0.5) is 0 Å². The van der Waals surface area contributed by atoms with E-state index in [0.29, 0.717) is 30.1 Å². The number of carbonyl (C=O) groups excluding carboxylic acids is 2. The molecule has 28 heavy (non-hydrogen) atoms. The maximum atomic E-state index is 12.6. The van der Waals surface area contributed by atoms with Gasteiger partial charge < -0.3 is 19.5 Å². The van der Waals surface area contributed by atoms with Gasteiger partial charge in [-0.15, -0.1) is 0 Å². The van der Waals surface area contributed by atoms with E-state index in [2.05, 4.69) is 5.32 Å². The van der Waals surface area contributed by atoms with E-state index in [4.69, 9.17) is 14.2 Å². The molecule has 2 aromatic rings. The molecule has 1 N–H and O–H groups in total. The van der Waals surface area contributed by atoms with Crippen LogP contribution in [-0.2, 0) is 16.1 Å². The number of methoxy groups -OCH3 is 2. The molecule has 0 heterocycles. The summed E-state index contributed by atoms with van der Waals surface area (Å²) in [6.07, 6.45) is 2.43. The molecule has 0 saturated carbocycles. The highest BCUT2D eigenvalue weighted by atomic mass is 32.2. The molecule has 0 aromatic heterocycles. The van der Waals surface area contributed by atoms with Gasteiger partial charge in [0.1, 0.15) is 12.6 Å². The van der Waals surface area contributed by atoms with Gasteiger partial charge >= 0.3 is 5.97 Å². The lowest BCUT2D eigenvalue weighted by atomic mass is 10.1. The van der Waals surface area contributed by atoms with Gasteiger partial charge in [-0.05, 0) is 42.2 Å². The van der Waals surface area contributed by atoms with Crippen molar-refractivity contribution in [1.29, 1.82) is 0 Å². The van der Waals surface area contributed by atoms with Gasteiger partial charge in [0, 0.05) is 5.56 Å². The molecule has 0 aliphatic carbocycles. The van der Waals surface area contributed by atoms with Crippen LogP contribution in [-0.4, -0.2) is 44.1 Å². The minimum absolute atomic E-state index is 0.371. The Balaban J connectivity index is 2.08. The number of thioether (sulfide) groups is 1. The van der Waals surface area contributed by atoms with E-state index in [1.165, 1.54) is 14.2 Å². The van der Waals surface area contributed by atoms with E-state index in [9.17, 15) is 9.59 Å². The Morgan fingerprint density at radius 1 is 1.07 bits per heavy atom. The van der Waals surface area contributed by atoms with Gasteiger partial charge in [0.2, 0.25) is 0 Å².